The molecule has 0 saturated carbocycles. The number of aliphatic carboxylic acids is 1. The average molecular weight is 274 g/mol. The molecule has 0 aliphatic rings. The fraction of sp³-hybridized carbons (Fsp3) is 0.167. The number of hydrogen-bond acceptors (Lipinski definition) is 5. The van der Waals surface area contributed by atoms with Gasteiger partial charge in [0.2, 0.25) is 0 Å². The van der Waals surface area contributed by atoms with Crippen molar-refractivity contribution in [3.05, 3.63) is 35.6 Å². The van der Waals surface area contributed by atoms with Gasteiger partial charge in [0, 0.05) is 12.6 Å². The Bertz CT molecular complexity index is 720. The summed E-state index contributed by atoms with van der Waals surface area (Å²) in [6, 6.07) is 5.83. The van der Waals surface area contributed by atoms with Crippen LogP contribution in [0.3, 0.4) is 0 Å². The van der Waals surface area contributed by atoms with Gasteiger partial charge >= 0.3 is 5.97 Å². The van der Waals surface area contributed by atoms with Crippen molar-refractivity contribution in [2.75, 3.05) is 0 Å². The first-order valence-electron chi connectivity index (χ1n) is 5.70. The van der Waals surface area contributed by atoms with Gasteiger partial charge in [0.25, 0.3) is 5.78 Å². The van der Waals surface area contributed by atoms with E-state index < -0.39 is 5.97 Å². The summed E-state index contributed by atoms with van der Waals surface area (Å²) in [6.07, 6.45) is 2.01. The molecule has 0 amide bonds. The van der Waals surface area contributed by atoms with Crippen LogP contribution < -0.4 is 0 Å². The first-order chi connectivity index (χ1) is 9.24. The van der Waals surface area contributed by atoms with Crippen LogP contribution in [-0.2, 0) is 11.2 Å². The zero-order valence-corrected chi connectivity index (χ0v) is 10.7. The highest BCUT2D eigenvalue weighted by Crippen LogP contribution is 2.24. The first-order valence-corrected chi connectivity index (χ1v) is 6.58. The summed E-state index contributed by atoms with van der Waals surface area (Å²) in [5.41, 5.74) is 0.911. The van der Waals surface area contributed by atoms with Crippen molar-refractivity contribution in [3.8, 4) is 10.6 Å². The summed E-state index contributed by atoms with van der Waals surface area (Å²) in [6.45, 7) is 0. The Morgan fingerprint density at radius 1 is 1.42 bits per heavy atom. The molecule has 6 nitrogen and oxygen atoms in total. The summed E-state index contributed by atoms with van der Waals surface area (Å²) in [5, 5.41) is 15.0. The average Bonchev–Trinajstić information content (AvgIpc) is 3.04. The molecule has 0 spiro atoms. The highest BCUT2D eigenvalue weighted by atomic mass is 32.1. The molecule has 3 rings (SSSR count). The minimum Gasteiger partial charge on any atom is -0.481 e. The van der Waals surface area contributed by atoms with Gasteiger partial charge < -0.3 is 5.11 Å². The van der Waals surface area contributed by atoms with Crippen LogP contribution in [0.15, 0.2) is 29.8 Å². The number of aromatic nitrogens is 4. The Balaban J connectivity index is 2.03. The minimum atomic E-state index is -0.856. The standard InChI is InChI=1S/C12H10N4O2S/c17-11(18)4-3-10-14-12-13-6-5-8(16(12)15-10)9-2-1-7-19-9/h1-2,5-7H,3-4H2,(H,17,18). The Morgan fingerprint density at radius 2 is 2.32 bits per heavy atom. The number of carboxylic acid groups (broad SMARTS) is 1. The molecule has 7 heteroatoms. The lowest BCUT2D eigenvalue weighted by Gasteiger charge is -1.99. The van der Waals surface area contributed by atoms with Gasteiger partial charge in [-0.05, 0) is 17.5 Å². The van der Waals surface area contributed by atoms with E-state index in [1.807, 2.05) is 23.6 Å². The molecular weight excluding hydrogens is 264 g/mol. The Hall–Kier alpha value is -2.28. The number of thiophene rings is 1. The van der Waals surface area contributed by atoms with E-state index in [1.165, 1.54) is 0 Å². The Labute approximate surface area is 112 Å². The highest BCUT2D eigenvalue weighted by Gasteiger charge is 2.11. The third-order valence-corrected chi connectivity index (χ3v) is 3.51. The molecule has 0 aromatic carbocycles. The molecule has 0 aliphatic heterocycles. The maximum atomic E-state index is 10.6. The van der Waals surface area contributed by atoms with E-state index >= 15 is 0 Å². The lowest BCUT2D eigenvalue weighted by molar-refractivity contribution is -0.137. The third kappa shape index (κ3) is 2.32. The molecule has 3 aromatic heterocycles. The summed E-state index contributed by atoms with van der Waals surface area (Å²) in [7, 11) is 0. The fourth-order valence-corrected chi connectivity index (χ4v) is 2.51. The van der Waals surface area contributed by atoms with E-state index in [0.717, 1.165) is 10.6 Å². The topological polar surface area (TPSA) is 80.4 Å². The minimum absolute atomic E-state index is 0.0191. The van der Waals surface area contributed by atoms with Gasteiger partial charge in [-0.3, -0.25) is 4.79 Å². The van der Waals surface area contributed by atoms with E-state index in [-0.39, 0.29) is 6.42 Å². The molecule has 19 heavy (non-hydrogen) atoms. The van der Waals surface area contributed by atoms with E-state index in [1.54, 1.807) is 22.0 Å². The van der Waals surface area contributed by atoms with Gasteiger partial charge in [-0.1, -0.05) is 6.07 Å². The number of nitrogens with zero attached hydrogens (tertiary/aromatic N) is 4. The lowest BCUT2D eigenvalue weighted by Crippen LogP contribution is -1.99. The molecule has 1 N–H and O–H groups in total. The van der Waals surface area contributed by atoms with Crippen LogP contribution in [0.4, 0.5) is 0 Å². The molecular formula is C12H10N4O2S. The normalized spacial score (nSPS) is 10.9. The van der Waals surface area contributed by atoms with E-state index in [9.17, 15) is 4.79 Å². The predicted octanol–water partition coefficient (Wildman–Crippen LogP) is 1.87. The van der Waals surface area contributed by atoms with Crippen LogP contribution in [0, 0.1) is 0 Å². The third-order valence-electron chi connectivity index (χ3n) is 2.62. The predicted molar refractivity (Wildman–Crippen MR) is 70.1 cm³/mol. The van der Waals surface area contributed by atoms with E-state index in [4.69, 9.17) is 5.11 Å². The van der Waals surface area contributed by atoms with Crippen LogP contribution in [0.2, 0.25) is 0 Å². The van der Waals surface area contributed by atoms with Gasteiger partial charge in [-0.2, -0.15) is 9.50 Å². The fourth-order valence-electron chi connectivity index (χ4n) is 1.77. The van der Waals surface area contributed by atoms with E-state index in [0.29, 0.717) is 18.0 Å². The van der Waals surface area contributed by atoms with Crippen molar-refractivity contribution >= 4 is 23.1 Å². The molecule has 0 unspecified atom stereocenters. The van der Waals surface area contributed by atoms with Crippen LogP contribution in [0.25, 0.3) is 16.3 Å². The van der Waals surface area contributed by atoms with Crippen molar-refractivity contribution in [2.24, 2.45) is 0 Å². The molecule has 3 heterocycles. The van der Waals surface area contributed by atoms with Gasteiger partial charge in [0.15, 0.2) is 5.82 Å². The highest BCUT2D eigenvalue weighted by molar-refractivity contribution is 7.13. The van der Waals surface area contributed by atoms with Crippen molar-refractivity contribution in [2.45, 2.75) is 12.8 Å². The lowest BCUT2D eigenvalue weighted by atomic mass is 10.3. The Kier molecular flexibility index (Phi) is 2.96. The number of fused-ring (bicyclic) bond motifs is 1. The Morgan fingerprint density at radius 3 is 3.05 bits per heavy atom. The molecule has 0 saturated heterocycles. The molecule has 0 bridgehead atoms. The van der Waals surface area contributed by atoms with Gasteiger partial charge in [-0.15, -0.1) is 16.4 Å². The zero-order chi connectivity index (χ0) is 13.2. The quantitative estimate of drug-likeness (QED) is 0.785. The molecule has 0 aliphatic carbocycles. The van der Waals surface area contributed by atoms with Crippen molar-refractivity contribution in [3.63, 3.8) is 0 Å². The van der Waals surface area contributed by atoms with Gasteiger partial charge in [-0.25, -0.2) is 4.98 Å². The molecule has 96 valence electrons. The molecule has 3 aromatic rings. The summed E-state index contributed by atoms with van der Waals surface area (Å²) < 4.78 is 1.66. The summed E-state index contributed by atoms with van der Waals surface area (Å²) >= 11 is 1.61. The van der Waals surface area contributed by atoms with Crippen molar-refractivity contribution < 1.29 is 9.90 Å². The zero-order valence-electron chi connectivity index (χ0n) is 9.85. The number of rotatable bonds is 4. The van der Waals surface area contributed by atoms with Crippen molar-refractivity contribution in [1.82, 2.24) is 19.6 Å². The largest absolute Gasteiger partial charge is 0.481 e. The number of carbonyl (C=O) groups is 1. The molecule has 0 radical (unpaired) electrons. The summed E-state index contributed by atoms with van der Waals surface area (Å²) in [5.74, 6) is 0.135. The van der Waals surface area contributed by atoms with Crippen molar-refractivity contribution in [1.29, 1.82) is 0 Å². The van der Waals surface area contributed by atoms with Crippen LogP contribution in [0.5, 0.6) is 0 Å². The summed E-state index contributed by atoms with van der Waals surface area (Å²) in [4.78, 5) is 20.0. The van der Waals surface area contributed by atoms with Crippen LogP contribution in [-0.4, -0.2) is 30.7 Å². The maximum absolute atomic E-state index is 10.6. The van der Waals surface area contributed by atoms with Gasteiger partial charge in [0.05, 0.1) is 17.0 Å². The SMILES string of the molecule is O=C(O)CCc1nc2nccc(-c3cccs3)n2n1. The second-order valence-electron chi connectivity index (χ2n) is 3.94. The number of hydrogen-bond donors (Lipinski definition) is 1. The number of aryl methyl sites for hydroxylation is 1. The maximum Gasteiger partial charge on any atom is 0.303 e. The van der Waals surface area contributed by atoms with Crippen LogP contribution >= 0.6 is 11.3 Å². The second-order valence-corrected chi connectivity index (χ2v) is 4.89. The molecule has 0 fully saturated rings. The molecule has 0 atom stereocenters. The monoisotopic (exact) mass is 274 g/mol. The first kappa shape index (κ1) is 11.8. The smallest absolute Gasteiger partial charge is 0.303 e. The van der Waals surface area contributed by atoms with Crippen LogP contribution in [0.1, 0.15) is 12.2 Å². The second kappa shape index (κ2) is 4.77. The van der Waals surface area contributed by atoms with Gasteiger partial charge in [0.1, 0.15) is 0 Å². The van der Waals surface area contributed by atoms with E-state index in [2.05, 4.69) is 15.1 Å². The number of carboxylic acids is 1.